The van der Waals surface area contributed by atoms with Crippen LogP contribution in [0.4, 0.5) is 4.39 Å². The van der Waals surface area contributed by atoms with Crippen LogP contribution in [0, 0.1) is 5.82 Å². The van der Waals surface area contributed by atoms with Crippen molar-refractivity contribution in [2.45, 2.75) is 19.6 Å². The maximum atomic E-state index is 13.5. The van der Waals surface area contributed by atoms with Crippen LogP contribution >= 0.6 is 11.6 Å². The van der Waals surface area contributed by atoms with Gasteiger partial charge < -0.3 is 9.84 Å². The van der Waals surface area contributed by atoms with Gasteiger partial charge in [0.15, 0.2) is 0 Å². The molecule has 19 heavy (non-hydrogen) atoms. The third kappa shape index (κ3) is 3.69. The smallest absolute Gasteiger partial charge is 0.131 e. The van der Waals surface area contributed by atoms with Gasteiger partial charge in [0.2, 0.25) is 0 Å². The minimum absolute atomic E-state index is 0.136. The van der Waals surface area contributed by atoms with E-state index in [2.05, 4.69) is 0 Å². The molecule has 2 nitrogen and oxygen atoms in total. The first kappa shape index (κ1) is 13.8. The molecule has 0 aliphatic rings. The maximum Gasteiger partial charge on any atom is 0.131 e. The Morgan fingerprint density at radius 3 is 2.47 bits per heavy atom. The van der Waals surface area contributed by atoms with Crippen LogP contribution in [0.2, 0.25) is 5.02 Å². The lowest BCUT2D eigenvalue weighted by molar-refractivity contribution is 0.199. The minimum Gasteiger partial charge on any atom is -0.489 e. The average molecular weight is 281 g/mol. The van der Waals surface area contributed by atoms with E-state index < -0.39 is 6.10 Å². The fourth-order valence-corrected chi connectivity index (χ4v) is 1.80. The van der Waals surface area contributed by atoms with Crippen LogP contribution < -0.4 is 4.74 Å². The number of rotatable bonds is 4. The number of hydrogen-bond donors (Lipinski definition) is 1. The summed E-state index contributed by atoms with van der Waals surface area (Å²) in [6, 6.07) is 11.5. The lowest BCUT2D eigenvalue weighted by Crippen LogP contribution is -1.99. The van der Waals surface area contributed by atoms with Crippen LogP contribution in [0.25, 0.3) is 0 Å². The highest BCUT2D eigenvalue weighted by Crippen LogP contribution is 2.20. The summed E-state index contributed by atoms with van der Waals surface area (Å²) in [5.41, 5.74) is 1.26. The summed E-state index contributed by atoms with van der Waals surface area (Å²) in [6.07, 6.45) is -0.511. The van der Waals surface area contributed by atoms with Crippen molar-refractivity contribution in [1.29, 1.82) is 0 Å². The van der Waals surface area contributed by atoms with Gasteiger partial charge in [-0.25, -0.2) is 4.39 Å². The average Bonchev–Trinajstić information content (AvgIpc) is 2.38. The van der Waals surface area contributed by atoms with E-state index in [9.17, 15) is 9.50 Å². The number of ether oxygens (including phenoxy) is 1. The van der Waals surface area contributed by atoms with Crippen LogP contribution in [0.3, 0.4) is 0 Å². The molecule has 0 saturated heterocycles. The highest BCUT2D eigenvalue weighted by Gasteiger charge is 2.05. The summed E-state index contributed by atoms with van der Waals surface area (Å²) in [5.74, 6) is 0.242. The van der Waals surface area contributed by atoms with E-state index in [-0.39, 0.29) is 12.4 Å². The Morgan fingerprint density at radius 1 is 1.21 bits per heavy atom. The van der Waals surface area contributed by atoms with Gasteiger partial charge in [0.05, 0.1) is 6.10 Å². The molecule has 0 aliphatic carbocycles. The Labute approximate surface area is 116 Å². The molecule has 0 aromatic heterocycles. The zero-order chi connectivity index (χ0) is 13.8. The van der Waals surface area contributed by atoms with Gasteiger partial charge in [-0.2, -0.15) is 0 Å². The van der Waals surface area contributed by atoms with E-state index in [0.29, 0.717) is 16.3 Å². The standard InChI is InChI=1S/C15H14ClFO2/c1-10(18)11-3-6-14(7-4-11)19-9-12-2-5-13(16)8-15(12)17/h2-8,10,18H,9H2,1H3/t10-/m1/s1. The van der Waals surface area contributed by atoms with Crippen molar-refractivity contribution in [3.63, 3.8) is 0 Å². The summed E-state index contributed by atoms with van der Waals surface area (Å²) < 4.78 is 19.0. The first-order valence-electron chi connectivity index (χ1n) is 5.91. The van der Waals surface area contributed by atoms with Crippen LogP contribution in [-0.4, -0.2) is 5.11 Å². The topological polar surface area (TPSA) is 29.5 Å². The van der Waals surface area contributed by atoms with E-state index in [1.54, 1.807) is 43.3 Å². The van der Waals surface area contributed by atoms with Gasteiger partial charge in [0, 0.05) is 10.6 Å². The first-order valence-corrected chi connectivity index (χ1v) is 6.29. The van der Waals surface area contributed by atoms with E-state index >= 15 is 0 Å². The Kier molecular flexibility index (Phi) is 4.40. The van der Waals surface area contributed by atoms with Gasteiger partial charge >= 0.3 is 0 Å². The SMILES string of the molecule is C[C@@H](O)c1ccc(OCc2ccc(Cl)cc2F)cc1. The molecular formula is C15H14ClFO2. The molecule has 0 saturated carbocycles. The Balaban J connectivity index is 2.02. The maximum absolute atomic E-state index is 13.5. The number of aliphatic hydroxyl groups is 1. The predicted molar refractivity (Wildman–Crippen MR) is 72.8 cm³/mol. The van der Waals surface area contributed by atoms with E-state index in [0.717, 1.165) is 5.56 Å². The van der Waals surface area contributed by atoms with Gasteiger partial charge in [-0.1, -0.05) is 29.8 Å². The van der Waals surface area contributed by atoms with E-state index in [4.69, 9.17) is 16.3 Å². The number of benzene rings is 2. The third-order valence-corrected chi connectivity index (χ3v) is 3.01. The summed E-state index contributed by atoms with van der Waals surface area (Å²) in [6.45, 7) is 1.83. The fraction of sp³-hybridized carbons (Fsp3) is 0.200. The quantitative estimate of drug-likeness (QED) is 0.913. The van der Waals surface area contributed by atoms with Gasteiger partial charge in [0.25, 0.3) is 0 Å². The van der Waals surface area contributed by atoms with Crippen molar-refractivity contribution < 1.29 is 14.2 Å². The molecule has 2 aromatic rings. The van der Waals surface area contributed by atoms with Gasteiger partial charge in [0.1, 0.15) is 18.2 Å². The van der Waals surface area contributed by atoms with Gasteiger partial charge in [-0.05, 0) is 36.8 Å². The number of aliphatic hydroxyl groups excluding tert-OH is 1. The molecule has 4 heteroatoms. The van der Waals surface area contributed by atoms with E-state index in [1.165, 1.54) is 6.07 Å². The third-order valence-electron chi connectivity index (χ3n) is 2.77. The molecule has 1 N–H and O–H groups in total. The molecule has 0 heterocycles. The van der Waals surface area contributed by atoms with Crippen molar-refractivity contribution in [2.24, 2.45) is 0 Å². The molecule has 2 aromatic carbocycles. The van der Waals surface area contributed by atoms with Gasteiger partial charge in [-0.15, -0.1) is 0 Å². The molecule has 2 rings (SSSR count). The Morgan fingerprint density at radius 2 is 1.89 bits per heavy atom. The summed E-state index contributed by atoms with van der Waals surface area (Å²) >= 11 is 5.68. The number of hydrogen-bond acceptors (Lipinski definition) is 2. The second-order valence-corrected chi connectivity index (χ2v) is 4.71. The molecule has 0 bridgehead atoms. The van der Waals surface area contributed by atoms with Crippen molar-refractivity contribution >= 4 is 11.6 Å². The normalized spacial score (nSPS) is 12.2. The molecule has 0 unspecified atom stereocenters. The van der Waals surface area contributed by atoms with Crippen LogP contribution in [-0.2, 0) is 6.61 Å². The molecule has 0 radical (unpaired) electrons. The number of halogens is 2. The monoisotopic (exact) mass is 280 g/mol. The second kappa shape index (κ2) is 6.04. The van der Waals surface area contributed by atoms with Crippen molar-refractivity contribution in [3.8, 4) is 5.75 Å². The van der Waals surface area contributed by atoms with Crippen LogP contribution in [0.5, 0.6) is 5.75 Å². The lowest BCUT2D eigenvalue weighted by atomic mass is 10.1. The fourth-order valence-electron chi connectivity index (χ4n) is 1.64. The molecule has 0 aliphatic heterocycles. The predicted octanol–water partition coefficient (Wildman–Crippen LogP) is 4.11. The second-order valence-electron chi connectivity index (χ2n) is 4.27. The first-order chi connectivity index (χ1) is 9.06. The lowest BCUT2D eigenvalue weighted by Gasteiger charge is -2.09. The van der Waals surface area contributed by atoms with Crippen molar-refractivity contribution in [3.05, 3.63) is 64.4 Å². The molecule has 0 fully saturated rings. The molecule has 0 spiro atoms. The Hall–Kier alpha value is -1.58. The molecule has 100 valence electrons. The van der Waals surface area contributed by atoms with Crippen LogP contribution in [0.15, 0.2) is 42.5 Å². The summed E-state index contributed by atoms with van der Waals surface area (Å²) in [5, 5.41) is 9.75. The van der Waals surface area contributed by atoms with E-state index in [1.807, 2.05) is 0 Å². The zero-order valence-electron chi connectivity index (χ0n) is 10.4. The van der Waals surface area contributed by atoms with Crippen molar-refractivity contribution in [1.82, 2.24) is 0 Å². The largest absolute Gasteiger partial charge is 0.489 e. The molecular weight excluding hydrogens is 267 g/mol. The summed E-state index contributed by atoms with van der Waals surface area (Å²) in [7, 11) is 0. The minimum atomic E-state index is -0.511. The zero-order valence-corrected chi connectivity index (χ0v) is 11.2. The molecule has 1 atom stereocenters. The Bertz CT molecular complexity index is 553. The van der Waals surface area contributed by atoms with Gasteiger partial charge in [-0.3, -0.25) is 0 Å². The van der Waals surface area contributed by atoms with Crippen LogP contribution in [0.1, 0.15) is 24.2 Å². The molecule has 0 amide bonds. The highest BCUT2D eigenvalue weighted by atomic mass is 35.5. The van der Waals surface area contributed by atoms with Crippen molar-refractivity contribution in [2.75, 3.05) is 0 Å². The highest BCUT2D eigenvalue weighted by molar-refractivity contribution is 6.30. The summed E-state index contributed by atoms with van der Waals surface area (Å²) in [4.78, 5) is 0.